The first-order valence-electron chi connectivity index (χ1n) is 19.0. The van der Waals surface area contributed by atoms with Gasteiger partial charge in [0.1, 0.15) is 6.10 Å². The van der Waals surface area contributed by atoms with Crippen LogP contribution >= 0.6 is 0 Å². The fourth-order valence-corrected chi connectivity index (χ4v) is 8.81. The van der Waals surface area contributed by atoms with Crippen LogP contribution in [0.25, 0.3) is 17.2 Å². The van der Waals surface area contributed by atoms with Gasteiger partial charge in [-0.1, -0.05) is 93.1 Å². The molecule has 3 aromatic rings. The molecule has 1 saturated carbocycles. The number of unbranched alkanes of at least 4 members (excludes halogenated alkanes) is 3. The van der Waals surface area contributed by atoms with Crippen LogP contribution in [0.2, 0.25) is 6.04 Å². The van der Waals surface area contributed by atoms with Gasteiger partial charge in [0.25, 0.3) is 0 Å². The Morgan fingerprint density at radius 2 is 1.42 bits per heavy atom. The van der Waals surface area contributed by atoms with Gasteiger partial charge in [-0.2, -0.15) is 0 Å². The second-order valence-corrected chi connectivity index (χ2v) is 16.8. The van der Waals surface area contributed by atoms with Crippen molar-refractivity contribution in [3.05, 3.63) is 113 Å². The fraction of sp³-hybridized carbons (Fsp3) is 0.455. The third-order valence-corrected chi connectivity index (χ3v) is 13.0. The molecule has 0 unspecified atom stereocenters. The summed E-state index contributed by atoms with van der Waals surface area (Å²) in [4.78, 5) is 24.2. The molecule has 4 rings (SSSR count). The van der Waals surface area contributed by atoms with E-state index in [1.807, 2.05) is 6.08 Å². The summed E-state index contributed by atoms with van der Waals surface area (Å²) in [5.74, 6) is -0.245. The van der Waals surface area contributed by atoms with E-state index < -0.39 is 14.8 Å². The van der Waals surface area contributed by atoms with Crippen LogP contribution in [-0.4, -0.2) is 54.8 Å². The molecule has 0 bridgehead atoms. The quantitative estimate of drug-likeness (QED) is 0.0468. The standard InChI is InChI=1S/C44H58O7Si/c1-6-8-9-12-34-16-22-39(23-17-34)42-28-18-36(33-40(42)13-10-11-32-52(47-3,48-4)49-5)19-29-44(46)51-41-26-24-38(25-27-41)37-20-14-35(15-21-37)30-31-50-43(45)7-2/h7,14-23,28-29,33,38,41H,2,6,8-13,24-27,30-32H2,1,3-5H3/b29-19+. The molecule has 0 aliphatic heterocycles. The van der Waals surface area contributed by atoms with Crippen LogP contribution in [-0.2, 0) is 51.6 Å². The Bertz CT molecular complexity index is 1560. The molecule has 0 atom stereocenters. The van der Waals surface area contributed by atoms with Crippen molar-refractivity contribution in [3.63, 3.8) is 0 Å². The molecule has 1 aliphatic carbocycles. The van der Waals surface area contributed by atoms with Gasteiger partial charge in [-0.05, 0) is 109 Å². The number of hydrogen-bond acceptors (Lipinski definition) is 7. The predicted molar refractivity (Wildman–Crippen MR) is 211 cm³/mol. The van der Waals surface area contributed by atoms with E-state index in [0.717, 1.165) is 68.5 Å². The molecule has 52 heavy (non-hydrogen) atoms. The minimum absolute atomic E-state index is 0.0722. The van der Waals surface area contributed by atoms with Crippen molar-refractivity contribution >= 4 is 26.8 Å². The Morgan fingerprint density at radius 3 is 2.08 bits per heavy atom. The molecule has 0 heterocycles. The molecule has 3 aromatic carbocycles. The normalized spacial score (nSPS) is 16.2. The highest BCUT2D eigenvalue weighted by molar-refractivity contribution is 6.60. The molecule has 0 radical (unpaired) electrons. The summed E-state index contributed by atoms with van der Waals surface area (Å²) >= 11 is 0. The lowest BCUT2D eigenvalue weighted by Gasteiger charge is -2.28. The summed E-state index contributed by atoms with van der Waals surface area (Å²) in [6.07, 6.45) is 16.4. The number of esters is 2. The van der Waals surface area contributed by atoms with Gasteiger partial charge in [0.05, 0.1) is 6.61 Å². The lowest BCUT2D eigenvalue weighted by atomic mass is 9.82. The molecule has 0 amide bonds. The topological polar surface area (TPSA) is 80.3 Å². The zero-order chi connectivity index (χ0) is 37.2. The molecule has 1 aliphatic rings. The van der Waals surface area contributed by atoms with Gasteiger partial charge in [-0.15, -0.1) is 0 Å². The van der Waals surface area contributed by atoms with Crippen LogP contribution in [0.5, 0.6) is 0 Å². The van der Waals surface area contributed by atoms with Crippen LogP contribution in [0, 0.1) is 0 Å². The van der Waals surface area contributed by atoms with Gasteiger partial charge >= 0.3 is 20.7 Å². The lowest BCUT2D eigenvalue weighted by Crippen LogP contribution is -2.42. The monoisotopic (exact) mass is 726 g/mol. The first kappa shape index (κ1) is 40.9. The van der Waals surface area contributed by atoms with Crippen molar-refractivity contribution in [2.45, 2.75) is 102 Å². The van der Waals surface area contributed by atoms with E-state index in [0.29, 0.717) is 18.9 Å². The third kappa shape index (κ3) is 12.7. The minimum Gasteiger partial charge on any atom is -0.462 e. The molecule has 1 fully saturated rings. The van der Waals surface area contributed by atoms with Crippen molar-refractivity contribution in [3.8, 4) is 11.1 Å². The van der Waals surface area contributed by atoms with E-state index in [1.165, 1.54) is 53.2 Å². The third-order valence-electron chi connectivity index (χ3n) is 10.2. The van der Waals surface area contributed by atoms with Crippen molar-refractivity contribution in [1.29, 1.82) is 0 Å². The van der Waals surface area contributed by atoms with E-state index in [9.17, 15) is 9.59 Å². The molecular weight excluding hydrogens is 669 g/mol. The van der Waals surface area contributed by atoms with Gasteiger partial charge < -0.3 is 22.8 Å². The highest BCUT2D eigenvalue weighted by Gasteiger charge is 2.36. The number of aryl methyl sites for hydroxylation is 2. The van der Waals surface area contributed by atoms with E-state index in [2.05, 4.69) is 80.2 Å². The molecule has 0 spiro atoms. The molecule has 280 valence electrons. The molecule has 7 nitrogen and oxygen atoms in total. The Hall–Kier alpha value is -3.82. The van der Waals surface area contributed by atoms with Crippen LogP contribution < -0.4 is 0 Å². The van der Waals surface area contributed by atoms with Crippen molar-refractivity contribution < 1.29 is 32.3 Å². The summed E-state index contributed by atoms with van der Waals surface area (Å²) in [7, 11) is 2.36. The van der Waals surface area contributed by atoms with Gasteiger partial charge in [-0.3, -0.25) is 0 Å². The van der Waals surface area contributed by atoms with E-state index >= 15 is 0 Å². The average Bonchev–Trinajstić information content (AvgIpc) is 3.18. The summed E-state index contributed by atoms with van der Waals surface area (Å²) in [6.45, 7) is 6.00. The van der Waals surface area contributed by atoms with Gasteiger partial charge in [0.2, 0.25) is 0 Å². The minimum atomic E-state index is -2.62. The van der Waals surface area contributed by atoms with Crippen molar-refractivity contribution in [2.75, 3.05) is 27.9 Å². The van der Waals surface area contributed by atoms with Crippen molar-refractivity contribution in [2.24, 2.45) is 0 Å². The van der Waals surface area contributed by atoms with Gasteiger partial charge in [0, 0.05) is 45.9 Å². The maximum Gasteiger partial charge on any atom is 0.500 e. The highest BCUT2D eigenvalue weighted by Crippen LogP contribution is 2.34. The van der Waals surface area contributed by atoms with Crippen molar-refractivity contribution in [1.82, 2.24) is 0 Å². The second kappa shape index (κ2) is 21.6. The first-order chi connectivity index (χ1) is 25.3. The van der Waals surface area contributed by atoms with Gasteiger partial charge in [-0.25, -0.2) is 9.59 Å². The van der Waals surface area contributed by atoms with E-state index in [4.69, 9.17) is 22.8 Å². The summed E-state index contributed by atoms with van der Waals surface area (Å²) in [5.41, 5.74) is 8.46. The van der Waals surface area contributed by atoms with Crippen LogP contribution in [0.3, 0.4) is 0 Å². The Balaban J connectivity index is 1.34. The zero-order valence-electron chi connectivity index (χ0n) is 31.7. The van der Waals surface area contributed by atoms with Crippen LogP contribution in [0.4, 0.5) is 0 Å². The summed E-state index contributed by atoms with van der Waals surface area (Å²) in [6, 6.07) is 24.8. The number of hydrogen-bond donors (Lipinski definition) is 0. The Kier molecular flexibility index (Phi) is 17.0. The first-order valence-corrected chi connectivity index (χ1v) is 20.9. The van der Waals surface area contributed by atoms with E-state index in [1.54, 1.807) is 27.4 Å². The number of rotatable bonds is 21. The van der Waals surface area contributed by atoms with Gasteiger partial charge in [0.15, 0.2) is 0 Å². The Labute approximate surface area is 312 Å². The summed E-state index contributed by atoms with van der Waals surface area (Å²) in [5, 5.41) is 0. The van der Waals surface area contributed by atoms with Crippen LogP contribution in [0.15, 0.2) is 85.5 Å². The van der Waals surface area contributed by atoms with Crippen LogP contribution in [0.1, 0.15) is 98.4 Å². The number of ether oxygens (including phenoxy) is 2. The maximum absolute atomic E-state index is 12.9. The molecule has 0 saturated heterocycles. The molecule has 0 N–H and O–H groups in total. The Morgan fingerprint density at radius 1 is 0.769 bits per heavy atom. The lowest BCUT2D eigenvalue weighted by molar-refractivity contribution is -0.144. The van der Waals surface area contributed by atoms with E-state index in [-0.39, 0.29) is 12.1 Å². The molecular formula is C44H58O7Si. The largest absolute Gasteiger partial charge is 0.500 e. The SMILES string of the molecule is C=CC(=O)OCCc1ccc(C2CCC(OC(=O)/C=C/c3ccc(-c4ccc(CCCCC)cc4)c(CCCC[Si](OC)(OC)OC)c3)CC2)cc1. The molecule has 8 heteroatoms. The average molecular weight is 727 g/mol. The fourth-order valence-electron chi connectivity index (χ4n) is 7.02. The number of carbonyl (C=O) groups is 2. The second-order valence-electron chi connectivity index (χ2n) is 13.7. The molecule has 0 aromatic heterocycles. The number of carbonyl (C=O) groups excluding carboxylic acids is 2. The summed E-state index contributed by atoms with van der Waals surface area (Å²) < 4.78 is 27.9. The maximum atomic E-state index is 12.9. The highest BCUT2D eigenvalue weighted by atomic mass is 28.4. The predicted octanol–water partition coefficient (Wildman–Crippen LogP) is 9.84. The number of benzene rings is 3. The smallest absolute Gasteiger partial charge is 0.462 e. The zero-order valence-corrected chi connectivity index (χ0v) is 32.7.